The van der Waals surface area contributed by atoms with Gasteiger partial charge in [0, 0.05) is 16.5 Å². The molecule has 0 fully saturated rings. The third-order valence-corrected chi connectivity index (χ3v) is 5.49. The van der Waals surface area contributed by atoms with E-state index in [9.17, 15) is 9.59 Å². The minimum absolute atomic E-state index is 0.0687. The van der Waals surface area contributed by atoms with Crippen LogP contribution in [0.15, 0.2) is 6.07 Å². The molecule has 1 aromatic rings. The van der Waals surface area contributed by atoms with Crippen molar-refractivity contribution in [3.05, 3.63) is 22.3 Å². The Balaban J connectivity index is 2.93. The fraction of sp³-hybridized carbons (Fsp3) is 0.467. The van der Waals surface area contributed by atoms with Gasteiger partial charge in [-0.05, 0) is 86.2 Å². The summed E-state index contributed by atoms with van der Waals surface area (Å²) in [6.07, 6.45) is 0.502. The first kappa shape index (κ1) is 21.2. The van der Waals surface area contributed by atoms with Crippen molar-refractivity contribution < 1.29 is 19.4 Å². The molecule has 0 saturated carbocycles. The number of hydrogen-bond acceptors (Lipinski definition) is 3. The number of carboxylic acids is 1. The van der Waals surface area contributed by atoms with Crippen LogP contribution >= 0.6 is 67.8 Å². The second kappa shape index (κ2) is 10.2. The minimum atomic E-state index is -0.839. The lowest BCUT2D eigenvalue weighted by Crippen LogP contribution is -2.29. The van der Waals surface area contributed by atoms with Crippen molar-refractivity contribution in [3.63, 3.8) is 0 Å². The summed E-state index contributed by atoms with van der Waals surface area (Å²) in [5.74, 6) is 0.0743. The summed E-state index contributed by atoms with van der Waals surface area (Å²) in [4.78, 5) is 23.0. The predicted octanol–water partition coefficient (Wildman–Crippen LogP) is 4.13. The number of amides is 1. The normalized spacial score (nSPS) is 10.7. The maximum absolute atomic E-state index is 12.4. The van der Waals surface area contributed by atoms with Crippen LogP contribution in [0, 0.1) is 16.6 Å². The lowest BCUT2D eigenvalue weighted by Gasteiger charge is -2.16. The summed E-state index contributed by atoms with van der Waals surface area (Å²) in [7, 11) is 0. The largest absolute Gasteiger partial charge is 0.491 e. The SMILES string of the molecule is CC(C)CNC(=O)c1c(I)cc(I)c(OCCCC(=O)O)c1I. The van der Waals surface area contributed by atoms with Crippen molar-refractivity contribution in [1.82, 2.24) is 5.32 Å². The molecule has 2 N–H and O–H groups in total. The van der Waals surface area contributed by atoms with E-state index in [2.05, 4.69) is 73.1 Å². The third-order valence-electron chi connectivity index (χ3n) is 2.81. The summed E-state index contributed by atoms with van der Waals surface area (Å²) in [5, 5.41) is 11.6. The van der Waals surface area contributed by atoms with Gasteiger partial charge >= 0.3 is 5.97 Å². The smallest absolute Gasteiger partial charge is 0.303 e. The van der Waals surface area contributed by atoms with Crippen molar-refractivity contribution in [2.24, 2.45) is 5.92 Å². The van der Waals surface area contributed by atoms with Gasteiger partial charge in [-0.15, -0.1) is 0 Å². The molecule has 128 valence electrons. The van der Waals surface area contributed by atoms with Crippen LogP contribution in [-0.2, 0) is 4.79 Å². The Bertz CT molecular complexity index is 591. The highest BCUT2D eigenvalue weighted by molar-refractivity contribution is 14.1. The molecule has 1 aromatic carbocycles. The molecule has 0 bridgehead atoms. The Morgan fingerprint density at radius 1 is 1.26 bits per heavy atom. The standard InChI is InChI=1S/C15H18I3NO4/c1-8(2)7-19-15(22)12-9(16)6-10(17)14(13(12)18)23-5-3-4-11(20)21/h6,8H,3-5,7H2,1-2H3,(H,19,22)(H,20,21). The number of rotatable bonds is 8. The molecule has 0 radical (unpaired) electrons. The lowest BCUT2D eigenvalue weighted by atomic mass is 10.1. The van der Waals surface area contributed by atoms with Gasteiger partial charge in [0.1, 0.15) is 5.75 Å². The Morgan fingerprint density at radius 3 is 2.48 bits per heavy atom. The van der Waals surface area contributed by atoms with Crippen LogP contribution in [-0.4, -0.2) is 30.1 Å². The predicted molar refractivity (Wildman–Crippen MR) is 114 cm³/mol. The lowest BCUT2D eigenvalue weighted by molar-refractivity contribution is -0.137. The number of halogens is 3. The molecular formula is C15H18I3NO4. The van der Waals surface area contributed by atoms with Crippen LogP contribution in [0.1, 0.15) is 37.0 Å². The number of nitrogens with one attached hydrogen (secondary N) is 1. The Hall–Kier alpha value is 0.150. The summed E-state index contributed by atoms with van der Waals surface area (Å²) in [6, 6.07) is 1.90. The van der Waals surface area contributed by atoms with Gasteiger partial charge in [-0.2, -0.15) is 0 Å². The van der Waals surface area contributed by atoms with E-state index in [1.807, 2.05) is 19.9 Å². The summed E-state index contributed by atoms with van der Waals surface area (Å²) in [5.41, 5.74) is 0.612. The average Bonchev–Trinajstić information content (AvgIpc) is 2.43. The maximum Gasteiger partial charge on any atom is 0.303 e. The van der Waals surface area contributed by atoms with Crippen molar-refractivity contribution in [3.8, 4) is 5.75 Å². The Kier molecular flexibility index (Phi) is 9.41. The van der Waals surface area contributed by atoms with Gasteiger partial charge in [-0.25, -0.2) is 0 Å². The van der Waals surface area contributed by atoms with E-state index in [4.69, 9.17) is 9.84 Å². The topological polar surface area (TPSA) is 75.6 Å². The third kappa shape index (κ3) is 6.88. The zero-order chi connectivity index (χ0) is 17.6. The number of aliphatic carboxylic acids is 1. The van der Waals surface area contributed by atoms with Gasteiger partial charge in [0.15, 0.2) is 0 Å². The number of benzene rings is 1. The second-order valence-corrected chi connectivity index (χ2v) is 8.71. The molecule has 0 atom stereocenters. The van der Waals surface area contributed by atoms with Gasteiger partial charge < -0.3 is 15.2 Å². The highest BCUT2D eigenvalue weighted by atomic mass is 127. The fourth-order valence-corrected chi connectivity index (χ4v) is 5.87. The second-order valence-electron chi connectivity index (χ2n) is 5.31. The number of carbonyl (C=O) groups excluding carboxylic acids is 1. The van der Waals surface area contributed by atoms with Crippen LogP contribution in [0.5, 0.6) is 5.75 Å². The molecular weight excluding hydrogens is 639 g/mol. The monoisotopic (exact) mass is 657 g/mol. The van der Waals surface area contributed by atoms with Gasteiger partial charge in [0.2, 0.25) is 0 Å². The van der Waals surface area contributed by atoms with Crippen LogP contribution in [0.4, 0.5) is 0 Å². The first-order valence-corrected chi connectivity index (χ1v) is 10.3. The van der Waals surface area contributed by atoms with Crippen LogP contribution in [0.3, 0.4) is 0 Å². The quantitative estimate of drug-likeness (QED) is 0.326. The molecule has 0 aliphatic heterocycles. The van der Waals surface area contributed by atoms with E-state index in [1.54, 1.807) is 0 Å². The Labute approximate surface area is 176 Å². The number of ether oxygens (including phenoxy) is 1. The highest BCUT2D eigenvalue weighted by Gasteiger charge is 2.21. The van der Waals surface area contributed by atoms with Crippen LogP contribution < -0.4 is 10.1 Å². The molecule has 0 aliphatic rings. The fourth-order valence-electron chi connectivity index (χ4n) is 1.70. The van der Waals surface area contributed by atoms with E-state index in [-0.39, 0.29) is 12.3 Å². The molecule has 0 spiro atoms. The maximum atomic E-state index is 12.4. The summed E-state index contributed by atoms with van der Waals surface area (Å²) < 4.78 is 8.27. The number of carboxylic acid groups (broad SMARTS) is 1. The van der Waals surface area contributed by atoms with Gasteiger partial charge in [-0.1, -0.05) is 13.8 Å². The van der Waals surface area contributed by atoms with Crippen molar-refractivity contribution in [1.29, 1.82) is 0 Å². The molecule has 1 rings (SSSR count). The van der Waals surface area contributed by atoms with Crippen molar-refractivity contribution in [2.75, 3.05) is 13.2 Å². The molecule has 0 aromatic heterocycles. The average molecular weight is 657 g/mol. The van der Waals surface area contributed by atoms with E-state index in [0.29, 0.717) is 36.8 Å². The first-order chi connectivity index (χ1) is 10.7. The summed E-state index contributed by atoms with van der Waals surface area (Å²) in [6.45, 7) is 5.01. The molecule has 0 heterocycles. The van der Waals surface area contributed by atoms with Gasteiger partial charge in [0.05, 0.1) is 19.3 Å². The van der Waals surface area contributed by atoms with Gasteiger partial charge in [-0.3, -0.25) is 9.59 Å². The molecule has 5 nitrogen and oxygen atoms in total. The van der Waals surface area contributed by atoms with E-state index < -0.39 is 5.97 Å². The molecule has 0 unspecified atom stereocenters. The van der Waals surface area contributed by atoms with E-state index in [1.165, 1.54) is 0 Å². The van der Waals surface area contributed by atoms with Crippen LogP contribution in [0.2, 0.25) is 0 Å². The Morgan fingerprint density at radius 2 is 1.91 bits per heavy atom. The zero-order valence-electron chi connectivity index (χ0n) is 12.8. The first-order valence-electron chi connectivity index (χ1n) is 7.04. The molecule has 0 aliphatic carbocycles. The minimum Gasteiger partial charge on any atom is -0.491 e. The van der Waals surface area contributed by atoms with E-state index >= 15 is 0 Å². The number of carbonyl (C=O) groups is 2. The number of hydrogen-bond donors (Lipinski definition) is 2. The summed E-state index contributed by atoms with van der Waals surface area (Å²) >= 11 is 6.43. The molecule has 8 heteroatoms. The molecule has 0 saturated heterocycles. The molecule has 23 heavy (non-hydrogen) atoms. The molecule has 1 amide bonds. The van der Waals surface area contributed by atoms with Gasteiger partial charge in [0.25, 0.3) is 5.91 Å². The zero-order valence-corrected chi connectivity index (χ0v) is 19.3. The van der Waals surface area contributed by atoms with Crippen LogP contribution in [0.25, 0.3) is 0 Å². The highest BCUT2D eigenvalue weighted by Crippen LogP contribution is 2.33. The van der Waals surface area contributed by atoms with Crippen molar-refractivity contribution in [2.45, 2.75) is 26.7 Å². The van der Waals surface area contributed by atoms with E-state index in [0.717, 1.165) is 10.7 Å². The van der Waals surface area contributed by atoms with Crippen molar-refractivity contribution >= 4 is 79.6 Å².